The highest BCUT2D eigenvalue weighted by Gasteiger charge is 2.33. The van der Waals surface area contributed by atoms with E-state index in [1.807, 2.05) is 0 Å². The number of carbonyl (C=O) groups excluding carboxylic acids is 2. The molecule has 0 radical (unpaired) electrons. The third-order valence-electron chi connectivity index (χ3n) is 3.65. The van der Waals surface area contributed by atoms with Gasteiger partial charge >= 0.3 is 5.97 Å². The first-order valence-electron chi connectivity index (χ1n) is 8.12. The summed E-state index contributed by atoms with van der Waals surface area (Å²) in [7, 11) is 0. The Kier molecular flexibility index (Phi) is 6.53. The Bertz CT molecular complexity index is 1010. The Labute approximate surface area is 180 Å². The second kappa shape index (κ2) is 9.08. The van der Waals surface area contributed by atoms with Crippen LogP contribution in [-0.4, -0.2) is 38.8 Å². The zero-order chi connectivity index (χ0) is 21.0. The number of halogens is 1. The van der Waals surface area contributed by atoms with Crippen LogP contribution in [0.3, 0.4) is 0 Å². The van der Waals surface area contributed by atoms with Crippen LogP contribution in [0.1, 0.15) is 15.9 Å². The van der Waals surface area contributed by atoms with E-state index in [1.165, 1.54) is 0 Å². The molecule has 2 aromatic rings. The molecule has 2 aromatic carbocycles. The molecular weight excluding hydrogens is 436 g/mol. The minimum Gasteiger partial charge on any atom is -0.482 e. The number of hydrazine groups is 1. The molecule has 1 fully saturated rings. The zero-order valence-corrected chi connectivity index (χ0v) is 17.0. The summed E-state index contributed by atoms with van der Waals surface area (Å²) in [5, 5.41) is 10.1. The Hall–Kier alpha value is -2.88. The number of hydrogen-bond acceptors (Lipinski definition) is 6. The molecule has 0 aromatic heterocycles. The summed E-state index contributed by atoms with van der Waals surface area (Å²) in [6.45, 7) is -0.439. The van der Waals surface area contributed by atoms with Crippen LogP contribution in [-0.2, 0) is 9.59 Å². The SMILES string of the molecule is O=C(O)COc1ccc(C=C2SC(=S)N(NC(=O)c3ccc(Cl)cc3)C2=O)cc1. The lowest BCUT2D eigenvalue weighted by Gasteiger charge is -2.15. The molecule has 0 aliphatic carbocycles. The number of aliphatic carboxylic acids is 1. The van der Waals surface area contributed by atoms with Gasteiger partial charge in [0.05, 0.1) is 4.91 Å². The summed E-state index contributed by atoms with van der Waals surface area (Å²) < 4.78 is 5.26. The molecule has 29 heavy (non-hydrogen) atoms. The number of carboxylic acid groups (broad SMARTS) is 1. The zero-order valence-electron chi connectivity index (χ0n) is 14.6. The second-order valence-electron chi connectivity index (χ2n) is 5.72. The Balaban J connectivity index is 1.68. The lowest BCUT2D eigenvalue weighted by atomic mass is 10.2. The summed E-state index contributed by atoms with van der Waals surface area (Å²) in [4.78, 5) is 35.8. The van der Waals surface area contributed by atoms with Crippen LogP contribution in [0.2, 0.25) is 5.02 Å². The van der Waals surface area contributed by atoms with Crippen LogP contribution in [0.5, 0.6) is 5.75 Å². The Morgan fingerprint density at radius 1 is 1.17 bits per heavy atom. The lowest BCUT2D eigenvalue weighted by molar-refractivity contribution is -0.139. The van der Waals surface area contributed by atoms with E-state index in [4.69, 9.17) is 33.7 Å². The van der Waals surface area contributed by atoms with Crippen molar-refractivity contribution in [1.82, 2.24) is 10.4 Å². The van der Waals surface area contributed by atoms with Crippen molar-refractivity contribution in [2.24, 2.45) is 0 Å². The molecular formula is C19H13ClN2O5S2. The molecule has 1 saturated heterocycles. The van der Waals surface area contributed by atoms with Crippen molar-refractivity contribution in [3.05, 3.63) is 69.6 Å². The molecule has 7 nitrogen and oxygen atoms in total. The predicted octanol–water partition coefficient (Wildman–Crippen LogP) is 3.35. The highest BCUT2D eigenvalue weighted by Crippen LogP contribution is 2.31. The molecule has 148 valence electrons. The fourth-order valence-electron chi connectivity index (χ4n) is 2.29. The topological polar surface area (TPSA) is 95.9 Å². The highest BCUT2D eigenvalue weighted by molar-refractivity contribution is 8.26. The first-order valence-corrected chi connectivity index (χ1v) is 9.73. The van der Waals surface area contributed by atoms with Gasteiger partial charge in [0.1, 0.15) is 5.75 Å². The largest absolute Gasteiger partial charge is 0.482 e. The van der Waals surface area contributed by atoms with E-state index >= 15 is 0 Å². The van der Waals surface area contributed by atoms with E-state index in [2.05, 4.69) is 5.43 Å². The molecule has 10 heteroatoms. The summed E-state index contributed by atoms with van der Waals surface area (Å²) in [5.74, 6) is -1.61. The van der Waals surface area contributed by atoms with Gasteiger partial charge < -0.3 is 9.84 Å². The van der Waals surface area contributed by atoms with Crippen molar-refractivity contribution in [2.45, 2.75) is 0 Å². The number of thioether (sulfide) groups is 1. The number of ether oxygens (including phenoxy) is 1. The average Bonchev–Trinajstić information content (AvgIpc) is 2.95. The summed E-state index contributed by atoms with van der Waals surface area (Å²) in [5.41, 5.74) is 3.52. The molecule has 3 rings (SSSR count). The van der Waals surface area contributed by atoms with Gasteiger partial charge in [-0.15, -0.1) is 0 Å². The number of carbonyl (C=O) groups is 3. The minimum absolute atomic E-state index is 0.199. The van der Waals surface area contributed by atoms with Crippen LogP contribution >= 0.6 is 35.6 Å². The van der Waals surface area contributed by atoms with Crippen molar-refractivity contribution < 1.29 is 24.2 Å². The van der Waals surface area contributed by atoms with Gasteiger partial charge in [-0.1, -0.05) is 35.5 Å². The number of nitrogens with one attached hydrogen (secondary N) is 1. The van der Waals surface area contributed by atoms with Gasteiger partial charge in [-0.2, -0.15) is 5.01 Å². The summed E-state index contributed by atoms with van der Waals surface area (Å²) >= 11 is 12.1. The fourth-order valence-corrected chi connectivity index (χ4v) is 3.59. The molecule has 1 aliphatic rings. The van der Waals surface area contributed by atoms with E-state index in [1.54, 1.807) is 54.6 Å². The second-order valence-corrected chi connectivity index (χ2v) is 7.83. The van der Waals surface area contributed by atoms with Crippen molar-refractivity contribution in [2.75, 3.05) is 6.61 Å². The van der Waals surface area contributed by atoms with Gasteiger partial charge in [-0.25, -0.2) is 4.79 Å². The fraction of sp³-hybridized carbons (Fsp3) is 0.0526. The highest BCUT2D eigenvalue weighted by atomic mass is 35.5. The molecule has 0 unspecified atom stereocenters. The first kappa shape index (κ1) is 20.8. The van der Waals surface area contributed by atoms with Gasteiger partial charge in [-0.3, -0.25) is 15.0 Å². The van der Waals surface area contributed by atoms with Crippen molar-refractivity contribution in [3.8, 4) is 5.75 Å². The van der Waals surface area contributed by atoms with Crippen molar-refractivity contribution in [1.29, 1.82) is 0 Å². The van der Waals surface area contributed by atoms with Gasteiger partial charge in [0.2, 0.25) is 0 Å². The summed E-state index contributed by atoms with van der Waals surface area (Å²) in [6, 6.07) is 12.8. The molecule has 0 bridgehead atoms. The maximum Gasteiger partial charge on any atom is 0.341 e. The molecule has 2 amide bonds. The smallest absolute Gasteiger partial charge is 0.341 e. The monoisotopic (exact) mass is 448 g/mol. The van der Waals surface area contributed by atoms with Crippen LogP contribution < -0.4 is 10.2 Å². The number of hydrogen-bond donors (Lipinski definition) is 2. The molecule has 0 spiro atoms. The third-order valence-corrected chi connectivity index (χ3v) is 5.21. The van der Waals surface area contributed by atoms with E-state index in [0.717, 1.165) is 16.8 Å². The van der Waals surface area contributed by atoms with Crippen molar-refractivity contribution >= 4 is 63.8 Å². The average molecular weight is 449 g/mol. The van der Waals surface area contributed by atoms with Gasteiger partial charge in [0, 0.05) is 10.6 Å². The number of nitrogens with zero attached hydrogens (tertiary/aromatic N) is 1. The number of benzene rings is 2. The van der Waals surface area contributed by atoms with Crippen LogP contribution in [0.15, 0.2) is 53.4 Å². The van der Waals surface area contributed by atoms with E-state index in [-0.39, 0.29) is 4.32 Å². The molecule has 0 atom stereocenters. The Morgan fingerprint density at radius 2 is 1.83 bits per heavy atom. The van der Waals surface area contributed by atoms with Crippen LogP contribution in [0, 0.1) is 0 Å². The molecule has 1 heterocycles. The van der Waals surface area contributed by atoms with Crippen LogP contribution in [0.4, 0.5) is 0 Å². The lowest BCUT2D eigenvalue weighted by Crippen LogP contribution is -2.44. The maximum atomic E-state index is 12.6. The third kappa shape index (κ3) is 5.35. The number of amides is 2. The minimum atomic E-state index is -1.07. The van der Waals surface area contributed by atoms with Gasteiger partial charge in [0.25, 0.3) is 11.8 Å². The van der Waals surface area contributed by atoms with Crippen LogP contribution in [0.25, 0.3) is 6.08 Å². The van der Waals surface area contributed by atoms with E-state index in [0.29, 0.717) is 26.8 Å². The number of thiocarbonyl (C=S) groups is 1. The maximum absolute atomic E-state index is 12.6. The normalized spacial score (nSPS) is 14.9. The van der Waals surface area contributed by atoms with Gasteiger partial charge in [0.15, 0.2) is 10.9 Å². The molecule has 2 N–H and O–H groups in total. The number of carboxylic acids is 1. The standard InChI is InChI=1S/C19H13ClN2O5S2/c20-13-5-3-12(4-6-13)17(25)21-22-18(26)15(29-19(22)28)9-11-1-7-14(8-2-11)27-10-16(23)24/h1-9H,10H2,(H,21,25)(H,23,24). The Morgan fingerprint density at radius 3 is 2.45 bits per heavy atom. The van der Waals surface area contributed by atoms with E-state index < -0.39 is 24.4 Å². The predicted molar refractivity (Wildman–Crippen MR) is 114 cm³/mol. The quantitative estimate of drug-likeness (QED) is 0.516. The van der Waals surface area contributed by atoms with Crippen molar-refractivity contribution in [3.63, 3.8) is 0 Å². The number of rotatable bonds is 6. The van der Waals surface area contributed by atoms with E-state index in [9.17, 15) is 14.4 Å². The molecule has 1 aliphatic heterocycles. The first-order chi connectivity index (χ1) is 13.8. The molecule has 0 saturated carbocycles. The van der Waals surface area contributed by atoms with Gasteiger partial charge in [-0.05, 0) is 60.3 Å². The summed E-state index contributed by atoms with van der Waals surface area (Å²) in [6.07, 6.45) is 1.62.